The van der Waals surface area contributed by atoms with Gasteiger partial charge in [0.05, 0.1) is 18.3 Å². The molecule has 0 N–H and O–H groups in total. The van der Waals surface area contributed by atoms with Gasteiger partial charge in [-0.05, 0) is 40.9 Å². The summed E-state index contributed by atoms with van der Waals surface area (Å²) in [7, 11) is 0. The maximum Gasteiger partial charge on any atom is 0.257 e. The van der Waals surface area contributed by atoms with Crippen molar-refractivity contribution >= 4 is 37.8 Å². The van der Waals surface area contributed by atoms with Gasteiger partial charge in [0, 0.05) is 22.9 Å². The van der Waals surface area contributed by atoms with E-state index in [-0.39, 0.29) is 17.6 Å². The Hall–Kier alpha value is -0.460. The molecule has 0 saturated carbocycles. The van der Waals surface area contributed by atoms with Gasteiger partial charge in [0.1, 0.15) is 5.82 Å². The first kappa shape index (κ1) is 15.9. The largest absolute Gasteiger partial charge is 0.377 e. The fraction of sp³-hybridized carbons (Fsp3) is 0.500. The van der Waals surface area contributed by atoms with Crippen LogP contribution in [0.3, 0.4) is 0 Å². The van der Waals surface area contributed by atoms with E-state index in [0.717, 1.165) is 18.2 Å². The van der Waals surface area contributed by atoms with E-state index in [1.165, 1.54) is 6.07 Å². The number of benzene rings is 1. The highest BCUT2D eigenvalue weighted by molar-refractivity contribution is 9.10. The molecular formula is C14H16Br2FNO2. The summed E-state index contributed by atoms with van der Waals surface area (Å²) in [4.78, 5) is 14.1. The summed E-state index contributed by atoms with van der Waals surface area (Å²) in [6.07, 6.45) is 1.79. The predicted molar refractivity (Wildman–Crippen MR) is 82.8 cm³/mol. The van der Waals surface area contributed by atoms with Crippen LogP contribution in [-0.4, -0.2) is 41.9 Å². The van der Waals surface area contributed by atoms with Crippen LogP contribution in [0.25, 0.3) is 0 Å². The van der Waals surface area contributed by atoms with E-state index in [1.54, 1.807) is 17.0 Å². The van der Waals surface area contributed by atoms with Crippen molar-refractivity contribution < 1.29 is 13.9 Å². The number of carbonyl (C=O) groups excluding carboxylic acids is 1. The molecule has 0 unspecified atom stereocenters. The van der Waals surface area contributed by atoms with Gasteiger partial charge in [-0.1, -0.05) is 22.0 Å². The Kier molecular flexibility index (Phi) is 5.99. The molecule has 6 heteroatoms. The molecule has 110 valence electrons. The smallest absolute Gasteiger partial charge is 0.257 e. The van der Waals surface area contributed by atoms with Crippen molar-refractivity contribution in [3.05, 3.63) is 34.1 Å². The number of carbonyl (C=O) groups is 1. The Labute approximate surface area is 134 Å². The minimum absolute atomic E-state index is 0.118. The summed E-state index contributed by atoms with van der Waals surface area (Å²) < 4.78 is 19.9. The van der Waals surface area contributed by atoms with Crippen molar-refractivity contribution in [3.8, 4) is 0 Å². The third-order valence-corrected chi connectivity index (χ3v) is 4.32. The third kappa shape index (κ3) is 3.80. The molecule has 1 amide bonds. The van der Waals surface area contributed by atoms with E-state index in [9.17, 15) is 9.18 Å². The van der Waals surface area contributed by atoms with Crippen LogP contribution in [0.1, 0.15) is 23.2 Å². The second kappa shape index (κ2) is 7.52. The predicted octanol–water partition coefficient (Wildman–Crippen LogP) is 3.60. The lowest BCUT2D eigenvalue weighted by molar-refractivity contribution is 0.0158. The molecule has 1 heterocycles. The van der Waals surface area contributed by atoms with Crippen LogP contribution in [0.5, 0.6) is 0 Å². The average Bonchev–Trinajstić information content (AvgIpc) is 2.45. The number of alkyl halides is 1. The van der Waals surface area contributed by atoms with Crippen molar-refractivity contribution in [2.45, 2.75) is 18.9 Å². The van der Waals surface area contributed by atoms with Gasteiger partial charge < -0.3 is 9.64 Å². The highest BCUT2D eigenvalue weighted by atomic mass is 79.9. The summed E-state index contributed by atoms with van der Waals surface area (Å²) in [6.45, 7) is 1.89. The zero-order chi connectivity index (χ0) is 14.5. The molecule has 2 rings (SSSR count). The van der Waals surface area contributed by atoms with Crippen molar-refractivity contribution in [3.63, 3.8) is 0 Å². The summed E-state index contributed by atoms with van der Waals surface area (Å²) in [5, 5.41) is 0.814. The van der Waals surface area contributed by atoms with Gasteiger partial charge in [-0.2, -0.15) is 0 Å². The maximum absolute atomic E-state index is 13.8. The molecule has 0 spiro atoms. The van der Waals surface area contributed by atoms with Crippen molar-refractivity contribution in [2.24, 2.45) is 0 Å². The van der Waals surface area contributed by atoms with Crippen LogP contribution in [0, 0.1) is 5.82 Å². The highest BCUT2D eigenvalue weighted by Crippen LogP contribution is 2.23. The van der Waals surface area contributed by atoms with Gasteiger partial charge >= 0.3 is 0 Å². The van der Waals surface area contributed by atoms with Gasteiger partial charge in [-0.15, -0.1) is 0 Å². The Bertz CT molecular complexity index is 456. The molecule has 1 saturated heterocycles. The molecule has 20 heavy (non-hydrogen) atoms. The van der Waals surface area contributed by atoms with Crippen LogP contribution in [-0.2, 0) is 4.74 Å². The van der Waals surface area contributed by atoms with Gasteiger partial charge in [-0.25, -0.2) is 4.39 Å². The van der Waals surface area contributed by atoms with E-state index in [0.29, 0.717) is 24.2 Å². The number of likely N-dealkylation sites (tertiary alicyclic amines) is 1. The van der Waals surface area contributed by atoms with Gasteiger partial charge in [-0.3, -0.25) is 4.79 Å². The van der Waals surface area contributed by atoms with Crippen molar-refractivity contribution in [1.29, 1.82) is 0 Å². The minimum Gasteiger partial charge on any atom is -0.377 e. The first-order chi connectivity index (χ1) is 9.63. The number of nitrogens with zero attached hydrogens (tertiary/aromatic N) is 1. The standard InChI is InChI=1S/C14H16Br2FNO2/c15-6-9-20-10-4-7-18(8-5-10)14(19)13-11(16)2-1-3-12(13)17/h1-3,10H,4-9H2. The molecule has 0 bridgehead atoms. The molecule has 1 aliphatic rings. The third-order valence-electron chi connectivity index (χ3n) is 3.34. The quantitative estimate of drug-likeness (QED) is 0.712. The van der Waals surface area contributed by atoms with Gasteiger partial charge in [0.15, 0.2) is 0 Å². The Morgan fingerprint density at radius 2 is 2.10 bits per heavy atom. The molecule has 3 nitrogen and oxygen atoms in total. The molecule has 0 atom stereocenters. The molecular weight excluding hydrogens is 393 g/mol. The molecule has 1 aromatic rings. The van der Waals surface area contributed by atoms with Crippen LogP contribution in [0.2, 0.25) is 0 Å². The average molecular weight is 409 g/mol. The fourth-order valence-electron chi connectivity index (χ4n) is 2.30. The zero-order valence-corrected chi connectivity index (χ0v) is 14.1. The Balaban J connectivity index is 1.98. The SMILES string of the molecule is O=C(c1c(F)cccc1Br)N1CCC(OCCBr)CC1. The van der Waals surface area contributed by atoms with E-state index in [4.69, 9.17) is 4.74 Å². The fourth-order valence-corrected chi connectivity index (χ4v) is 3.00. The van der Waals surface area contributed by atoms with Crippen LogP contribution >= 0.6 is 31.9 Å². The highest BCUT2D eigenvalue weighted by Gasteiger charge is 2.26. The number of ether oxygens (including phenoxy) is 1. The second-order valence-corrected chi connectivity index (χ2v) is 6.30. The van der Waals surface area contributed by atoms with Crippen LogP contribution in [0.4, 0.5) is 4.39 Å². The first-order valence-corrected chi connectivity index (χ1v) is 8.45. The van der Waals surface area contributed by atoms with Crippen LogP contribution < -0.4 is 0 Å². The van der Waals surface area contributed by atoms with Gasteiger partial charge in [0.2, 0.25) is 0 Å². The normalized spacial score (nSPS) is 16.4. The lowest BCUT2D eigenvalue weighted by atomic mass is 10.1. The molecule has 0 aromatic heterocycles. The molecule has 1 aromatic carbocycles. The number of amides is 1. The molecule has 0 radical (unpaired) electrons. The monoisotopic (exact) mass is 407 g/mol. The van der Waals surface area contributed by atoms with Crippen LogP contribution in [0.15, 0.2) is 22.7 Å². The molecule has 1 fully saturated rings. The number of halogens is 3. The lowest BCUT2D eigenvalue weighted by Crippen LogP contribution is -2.41. The lowest BCUT2D eigenvalue weighted by Gasteiger charge is -2.32. The zero-order valence-electron chi connectivity index (χ0n) is 10.9. The summed E-state index contributed by atoms with van der Waals surface area (Å²) in [5.41, 5.74) is 0.118. The number of rotatable bonds is 4. The Morgan fingerprint density at radius 3 is 2.70 bits per heavy atom. The Morgan fingerprint density at radius 1 is 1.40 bits per heavy atom. The molecule has 1 aliphatic heterocycles. The second-order valence-electron chi connectivity index (χ2n) is 4.65. The number of hydrogen-bond acceptors (Lipinski definition) is 2. The van der Waals surface area contributed by atoms with Crippen molar-refractivity contribution in [2.75, 3.05) is 25.0 Å². The topological polar surface area (TPSA) is 29.5 Å². The minimum atomic E-state index is -0.484. The van der Waals surface area contributed by atoms with E-state index < -0.39 is 5.82 Å². The summed E-state index contributed by atoms with van der Waals surface area (Å²) in [6, 6.07) is 4.57. The number of piperidine rings is 1. The number of hydrogen-bond donors (Lipinski definition) is 0. The van der Waals surface area contributed by atoms with E-state index in [1.807, 2.05) is 0 Å². The van der Waals surface area contributed by atoms with E-state index in [2.05, 4.69) is 31.9 Å². The van der Waals surface area contributed by atoms with Crippen molar-refractivity contribution in [1.82, 2.24) is 4.90 Å². The summed E-state index contributed by atoms with van der Waals surface area (Å²) >= 11 is 6.56. The van der Waals surface area contributed by atoms with Gasteiger partial charge in [0.25, 0.3) is 5.91 Å². The summed E-state index contributed by atoms with van der Waals surface area (Å²) in [5.74, 6) is -0.740. The first-order valence-electron chi connectivity index (χ1n) is 6.54. The maximum atomic E-state index is 13.8. The van der Waals surface area contributed by atoms with E-state index >= 15 is 0 Å². The molecule has 0 aliphatic carbocycles.